The molecular formula is C48H65BrF6N6O6. The molecule has 2 atom stereocenters. The van der Waals surface area contributed by atoms with E-state index in [9.17, 15) is 41.0 Å². The number of anilines is 2. The van der Waals surface area contributed by atoms with Crippen LogP contribution in [0.15, 0.2) is 36.4 Å². The third-order valence-corrected chi connectivity index (χ3v) is 11.5. The Bertz CT molecular complexity index is 2010. The summed E-state index contributed by atoms with van der Waals surface area (Å²) in [6.07, 6.45) is 0.921. The number of carbonyl (C=O) groups excluding carboxylic acids is 2. The van der Waals surface area contributed by atoms with Crippen LogP contribution in [0.1, 0.15) is 76.6 Å². The molecule has 2 amide bonds. The molecule has 2 aromatic carbocycles. The molecule has 4 heterocycles. The van der Waals surface area contributed by atoms with E-state index in [0.29, 0.717) is 108 Å². The lowest BCUT2D eigenvalue weighted by molar-refractivity contribution is -0.139. The molecule has 6 rings (SSSR count). The van der Waals surface area contributed by atoms with Gasteiger partial charge in [-0.1, -0.05) is 39.9 Å². The lowest BCUT2D eigenvalue weighted by Crippen LogP contribution is -2.49. The van der Waals surface area contributed by atoms with Gasteiger partial charge in [0.25, 0.3) is 0 Å². The SMILES string of the molecule is C#CCBr.C#CCO[C@H]1CCN(c2cccc(C(F)(F)F)c2CN2CCN(C(=O)OC(C)(C)C)CC2)C1.CC(C)(C)OC(=O)N1CCN(Cc2c(N3CC[C@H](O)C3)cccc2C(F)(F)F)CC1. The van der Waals surface area contributed by atoms with Crippen LogP contribution in [-0.4, -0.2) is 151 Å². The minimum Gasteiger partial charge on any atom is -0.444 e. The van der Waals surface area contributed by atoms with E-state index in [1.165, 1.54) is 12.1 Å². The summed E-state index contributed by atoms with van der Waals surface area (Å²) in [5.74, 6) is 4.78. The van der Waals surface area contributed by atoms with Gasteiger partial charge in [-0.2, -0.15) is 26.3 Å². The Hall–Kier alpha value is -4.40. The Morgan fingerprint density at radius 2 is 1.06 bits per heavy atom. The Morgan fingerprint density at radius 3 is 1.40 bits per heavy atom. The number of piperazine rings is 2. The first-order valence-corrected chi connectivity index (χ1v) is 23.5. The number of hydrogen-bond donors (Lipinski definition) is 1. The van der Waals surface area contributed by atoms with Crippen molar-refractivity contribution in [2.75, 3.05) is 100 Å². The topological polar surface area (TPSA) is 102 Å². The predicted molar refractivity (Wildman–Crippen MR) is 250 cm³/mol. The number of ether oxygens (including phenoxy) is 3. The molecular weight excluding hydrogens is 950 g/mol. The van der Waals surface area contributed by atoms with Crippen molar-refractivity contribution in [1.82, 2.24) is 19.6 Å². The summed E-state index contributed by atoms with van der Waals surface area (Å²) in [5, 5.41) is 10.5. The Labute approximate surface area is 399 Å². The Morgan fingerprint density at radius 1 is 0.657 bits per heavy atom. The van der Waals surface area contributed by atoms with Crippen LogP contribution in [0.5, 0.6) is 0 Å². The second kappa shape index (κ2) is 24.2. The Kier molecular flexibility index (Phi) is 20.0. The number of alkyl halides is 7. The molecule has 4 aliphatic heterocycles. The van der Waals surface area contributed by atoms with Gasteiger partial charge in [0, 0.05) is 114 Å². The molecule has 0 bridgehead atoms. The summed E-state index contributed by atoms with van der Waals surface area (Å²) in [4.78, 5) is 35.4. The largest absolute Gasteiger partial charge is 0.444 e. The lowest BCUT2D eigenvalue weighted by atomic mass is 10.0. The van der Waals surface area contributed by atoms with E-state index in [1.54, 1.807) is 63.5 Å². The maximum Gasteiger partial charge on any atom is 0.416 e. The van der Waals surface area contributed by atoms with Gasteiger partial charge in [0.15, 0.2) is 0 Å². The molecule has 372 valence electrons. The van der Waals surface area contributed by atoms with Crippen LogP contribution in [0.25, 0.3) is 0 Å². The highest BCUT2D eigenvalue weighted by molar-refractivity contribution is 9.09. The fourth-order valence-corrected chi connectivity index (χ4v) is 8.09. The molecule has 12 nitrogen and oxygen atoms in total. The number of halogens is 7. The summed E-state index contributed by atoms with van der Waals surface area (Å²) < 4.78 is 99.2. The van der Waals surface area contributed by atoms with E-state index in [4.69, 9.17) is 27.1 Å². The summed E-state index contributed by atoms with van der Waals surface area (Å²) in [5.41, 5.74) is -0.861. The highest BCUT2D eigenvalue weighted by atomic mass is 79.9. The molecule has 4 aliphatic rings. The normalized spacial score (nSPS) is 19.7. The summed E-state index contributed by atoms with van der Waals surface area (Å²) in [6, 6.07) is 8.57. The molecule has 1 N–H and O–H groups in total. The van der Waals surface area contributed by atoms with Crippen LogP contribution in [0.4, 0.5) is 47.3 Å². The number of nitrogens with zero attached hydrogens (tertiary/aromatic N) is 6. The van der Waals surface area contributed by atoms with E-state index >= 15 is 0 Å². The predicted octanol–water partition coefficient (Wildman–Crippen LogP) is 8.33. The second-order valence-corrected chi connectivity index (χ2v) is 19.2. The van der Waals surface area contributed by atoms with Gasteiger partial charge in [0.2, 0.25) is 0 Å². The van der Waals surface area contributed by atoms with Crippen LogP contribution in [0.3, 0.4) is 0 Å². The van der Waals surface area contributed by atoms with E-state index in [1.807, 2.05) is 19.6 Å². The average Bonchev–Trinajstić information content (AvgIpc) is 3.91. The zero-order chi connectivity index (χ0) is 49.7. The lowest BCUT2D eigenvalue weighted by Gasteiger charge is -2.36. The minimum absolute atomic E-state index is 0.0965. The van der Waals surface area contributed by atoms with Crippen LogP contribution >= 0.6 is 15.9 Å². The maximum atomic E-state index is 13.9. The van der Waals surface area contributed by atoms with Crippen molar-refractivity contribution in [2.24, 2.45) is 0 Å². The highest BCUT2D eigenvalue weighted by Crippen LogP contribution is 2.40. The molecule has 0 aliphatic carbocycles. The van der Waals surface area contributed by atoms with Crippen molar-refractivity contribution in [1.29, 1.82) is 0 Å². The first-order valence-electron chi connectivity index (χ1n) is 22.3. The van der Waals surface area contributed by atoms with E-state index < -0.39 is 53.0 Å². The molecule has 4 fully saturated rings. The zero-order valence-electron chi connectivity index (χ0n) is 39.3. The minimum atomic E-state index is -4.46. The van der Waals surface area contributed by atoms with Crippen molar-refractivity contribution in [3.05, 3.63) is 58.7 Å². The molecule has 67 heavy (non-hydrogen) atoms. The van der Waals surface area contributed by atoms with Gasteiger partial charge >= 0.3 is 24.5 Å². The van der Waals surface area contributed by atoms with Gasteiger partial charge in [-0.25, -0.2) is 9.59 Å². The first-order chi connectivity index (χ1) is 31.3. The molecule has 0 aromatic heterocycles. The summed E-state index contributed by atoms with van der Waals surface area (Å²) in [6.45, 7) is 16.8. The van der Waals surface area contributed by atoms with Crippen molar-refractivity contribution >= 4 is 39.5 Å². The summed E-state index contributed by atoms with van der Waals surface area (Å²) >= 11 is 3.01. The van der Waals surface area contributed by atoms with Gasteiger partial charge in [-0.3, -0.25) is 9.80 Å². The standard InChI is InChI=1S/C24H32F3N3O3.C21H30F3N3O3.C3H3Br/c1-5-15-32-18-9-10-30(16-18)21-8-6-7-20(24(25,26)27)19(21)17-28-11-13-29(14-12-28)22(31)33-23(2,3)4;1-20(2,3)30-19(29)26-11-9-25(10-12-26)14-16-17(21(22,23)24)5-4-6-18(16)27-8-7-15(28)13-27;1-2-3-4/h1,6-8,18H,9-17H2,2-4H3;4-6,15,28H,7-14H2,1-3H3;1H,3H2/t18-;15-;/m00./s1. The van der Waals surface area contributed by atoms with Crippen LogP contribution in [0, 0.1) is 24.7 Å². The maximum absolute atomic E-state index is 13.9. The number of amides is 2. The molecule has 4 saturated heterocycles. The molecule has 0 saturated carbocycles. The van der Waals surface area contributed by atoms with Gasteiger partial charge in [0.1, 0.15) is 17.8 Å². The number of hydrogen-bond acceptors (Lipinski definition) is 10. The third kappa shape index (κ3) is 17.3. The number of benzene rings is 2. The molecule has 2 aromatic rings. The van der Waals surface area contributed by atoms with Gasteiger partial charge < -0.3 is 38.9 Å². The molecule has 0 radical (unpaired) electrons. The van der Waals surface area contributed by atoms with Gasteiger partial charge in [-0.05, 0) is 78.6 Å². The van der Waals surface area contributed by atoms with Crippen LogP contribution in [-0.2, 0) is 39.7 Å². The molecule has 19 heteroatoms. The van der Waals surface area contributed by atoms with Crippen molar-refractivity contribution in [2.45, 2.75) is 103 Å². The monoisotopic (exact) mass is 1010 g/mol. The first kappa shape index (κ1) is 55.2. The number of terminal acetylenes is 2. The summed E-state index contributed by atoms with van der Waals surface area (Å²) in [7, 11) is 0. The quantitative estimate of drug-likeness (QED) is 0.158. The third-order valence-electron chi connectivity index (χ3n) is 11.2. The average molecular weight is 1020 g/mol. The van der Waals surface area contributed by atoms with Crippen molar-refractivity contribution in [3.63, 3.8) is 0 Å². The highest BCUT2D eigenvalue weighted by Gasteiger charge is 2.39. The van der Waals surface area contributed by atoms with Crippen LogP contribution in [0.2, 0.25) is 0 Å². The van der Waals surface area contributed by atoms with Crippen molar-refractivity contribution in [3.8, 4) is 24.7 Å². The number of carbonyl (C=O) groups is 2. The fourth-order valence-electron chi connectivity index (χ4n) is 8.09. The van der Waals surface area contributed by atoms with E-state index in [2.05, 4.69) is 27.8 Å². The number of rotatable bonds is 8. The van der Waals surface area contributed by atoms with Gasteiger partial charge in [0.05, 0.1) is 28.7 Å². The number of aliphatic hydroxyl groups excluding tert-OH is 1. The Balaban J connectivity index is 0.000000272. The van der Waals surface area contributed by atoms with E-state index in [0.717, 1.165) is 12.1 Å². The number of aliphatic hydroxyl groups is 1. The molecule has 0 spiro atoms. The van der Waals surface area contributed by atoms with Gasteiger partial charge in [-0.15, -0.1) is 12.8 Å². The van der Waals surface area contributed by atoms with Crippen molar-refractivity contribution < 1.29 is 55.2 Å². The zero-order valence-corrected chi connectivity index (χ0v) is 40.9. The molecule has 0 unspecified atom stereocenters. The second-order valence-electron chi connectivity index (χ2n) is 18.7. The number of β-amino-alcohol motifs (C(OH)–C–C–N with tert-alkyl or cyclic N) is 1. The fraction of sp³-hybridized carbons (Fsp3) is 0.625. The van der Waals surface area contributed by atoms with E-state index in [-0.39, 0.29) is 36.9 Å². The smallest absolute Gasteiger partial charge is 0.416 e. The van der Waals surface area contributed by atoms with Crippen LogP contribution < -0.4 is 9.80 Å².